The second kappa shape index (κ2) is 13.3. The molecule has 7 nitrogen and oxygen atoms in total. The quantitative estimate of drug-likeness (QED) is 0.227. The van der Waals surface area contributed by atoms with Gasteiger partial charge in [-0.3, -0.25) is 15.1 Å². The van der Waals surface area contributed by atoms with Crippen LogP contribution in [0, 0.1) is 10.1 Å². The first kappa shape index (κ1) is 23.3. The van der Waals surface area contributed by atoms with Crippen LogP contribution in [0.15, 0.2) is 40.2 Å². The van der Waals surface area contributed by atoms with Crippen molar-refractivity contribution >= 4 is 62.6 Å². The molecule has 0 fully saturated rings. The first-order valence-electron chi connectivity index (χ1n) is 8.23. The summed E-state index contributed by atoms with van der Waals surface area (Å²) in [6, 6.07) is 3.61. The molecule has 2 aromatic heterocycles. The molecule has 0 saturated heterocycles. The van der Waals surface area contributed by atoms with Crippen LogP contribution in [-0.2, 0) is 11.5 Å². The van der Waals surface area contributed by atoms with Gasteiger partial charge in [0.2, 0.25) is 0 Å². The summed E-state index contributed by atoms with van der Waals surface area (Å²) in [5.41, 5.74) is 1.87. The number of thioether (sulfide) groups is 2. The van der Waals surface area contributed by atoms with E-state index in [0.29, 0.717) is 29.7 Å². The van der Waals surface area contributed by atoms with Crippen molar-refractivity contribution in [3.63, 3.8) is 0 Å². The summed E-state index contributed by atoms with van der Waals surface area (Å²) in [5, 5.41) is 19.6. The zero-order chi connectivity index (χ0) is 20.2. The molecule has 12 heteroatoms. The van der Waals surface area contributed by atoms with Gasteiger partial charge in [-0.15, -0.1) is 0 Å². The maximum atomic E-state index is 10.8. The first-order valence-corrected chi connectivity index (χ1v) is 12.5. The van der Waals surface area contributed by atoms with Crippen LogP contribution < -0.4 is 10.6 Å². The molecule has 0 radical (unpaired) electrons. The first-order chi connectivity index (χ1) is 13.6. The average Bonchev–Trinajstić information content (AvgIpc) is 3.06. The Bertz CT molecular complexity index is 793. The molecule has 28 heavy (non-hydrogen) atoms. The lowest BCUT2D eigenvalue weighted by Gasteiger charge is -2.11. The number of nitrogens with one attached hydrogen (secondary N) is 2. The fourth-order valence-electron chi connectivity index (χ4n) is 1.98. The number of rotatable bonds is 13. The topological polar surface area (TPSA) is 93.0 Å². The lowest BCUT2D eigenvalue weighted by Crippen LogP contribution is -2.30. The normalized spacial score (nSPS) is 11.4. The summed E-state index contributed by atoms with van der Waals surface area (Å²) in [7, 11) is 0. The summed E-state index contributed by atoms with van der Waals surface area (Å²) in [6.45, 7) is 1.22. The largest absolute Gasteiger partial charge is 0.366 e. The van der Waals surface area contributed by atoms with Crippen molar-refractivity contribution in [2.75, 3.05) is 24.6 Å². The van der Waals surface area contributed by atoms with Crippen LogP contribution in [0.1, 0.15) is 11.4 Å². The summed E-state index contributed by atoms with van der Waals surface area (Å²) in [5.74, 6) is 3.51. The molecular weight excluding hydrogens is 506 g/mol. The molecule has 2 rings (SSSR count). The molecule has 2 heterocycles. The van der Waals surface area contributed by atoms with Gasteiger partial charge in [0, 0.05) is 47.7 Å². The van der Waals surface area contributed by atoms with E-state index >= 15 is 0 Å². The summed E-state index contributed by atoms with van der Waals surface area (Å²) in [4.78, 5) is 14.6. The van der Waals surface area contributed by atoms with E-state index in [0.717, 1.165) is 39.3 Å². The van der Waals surface area contributed by atoms with E-state index in [1.165, 1.54) is 11.5 Å². The summed E-state index contributed by atoms with van der Waals surface area (Å²) < 4.78 is 5.32. The maximum Gasteiger partial charge on any atom is 0.274 e. The van der Waals surface area contributed by atoms with Crippen LogP contribution in [0.25, 0.3) is 0 Å². The standard InChI is InChI=1S/C16H19BrClN5O2S3/c17-12-9-28-22-14(12)10-26-6-4-20-16(8-23(24)25)21-5-7-27-11-15-13(18)2-1-3-19-15/h1-3,8-9,20-21H,4-7,10-11H2. The molecule has 152 valence electrons. The Labute approximate surface area is 189 Å². The van der Waals surface area contributed by atoms with E-state index in [1.807, 2.05) is 11.4 Å². The average molecular weight is 525 g/mol. The lowest BCUT2D eigenvalue weighted by molar-refractivity contribution is -0.404. The number of halogens is 2. The Morgan fingerprint density at radius 1 is 1.29 bits per heavy atom. The Morgan fingerprint density at radius 3 is 2.54 bits per heavy atom. The number of aromatic nitrogens is 2. The molecule has 0 aliphatic heterocycles. The molecule has 2 aromatic rings. The smallest absolute Gasteiger partial charge is 0.274 e. The molecular formula is C16H19BrClN5O2S3. The molecule has 0 atom stereocenters. The van der Waals surface area contributed by atoms with Crippen molar-refractivity contribution in [2.24, 2.45) is 0 Å². The number of hydrogen-bond donors (Lipinski definition) is 2. The third-order valence-corrected chi connectivity index (χ3v) is 7.21. The van der Waals surface area contributed by atoms with Crippen LogP contribution in [-0.4, -0.2) is 38.9 Å². The second-order valence-electron chi connectivity index (χ2n) is 5.33. The van der Waals surface area contributed by atoms with Crippen molar-refractivity contribution in [1.29, 1.82) is 0 Å². The molecule has 0 unspecified atom stereocenters. The third-order valence-electron chi connectivity index (χ3n) is 3.27. The zero-order valence-electron chi connectivity index (χ0n) is 14.8. The number of nitro groups is 1. The monoisotopic (exact) mass is 523 g/mol. The van der Waals surface area contributed by atoms with Crippen molar-refractivity contribution in [3.8, 4) is 0 Å². The van der Waals surface area contributed by atoms with Gasteiger partial charge in [-0.1, -0.05) is 11.6 Å². The number of nitrogens with zero attached hydrogens (tertiary/aromatic N) is 3. The molecule has 0 amide bonds. The Hall–Kier alpha value is -1.01. The van der Waals surface area contributed by atoms with Gasteiger partial charge >= 0.3 is 0 Å². The molecule has 0 spiro atoms. The fourth-order valence-corrected chi connectivity index (χ4v) is 5.30. The van der Waals surface area contributed by atoms with Gasteiger partial charge in [0.05, 0.1) is 25.8 Å². The van der Waals surface area contributed by atoms with E-state index < -0.39 is 4.92 Å². The Balaban J connectivity index is 1.63. The second-order valence-corrected chi connectivity index (χ2v) is 9.43. The van der Waals surface area contributed by atoms with Crippen molar-refractivity contribution in [2.45, 2.75) is 11.5 Å². The van der Waals surface area contributed by atoms with E-state index in [9.17, 15) is 10.1 Å². The predicted octanol–water partition coefficient (Wildman–Crippen LogP) is 4.38. The van der Waals surface area contributed by atoms with Crippen LogP contribution >= 0.6 is 62.6 Å². The van der Waals surface area contributed by atoms with E-state index in [1.54, 1.807) is 35.8 Å². The van der Waals surface area contributed by atoms with Gasteiger partial charge < -0.3 is 10.6 Å². The minimum Gasteiger partial charge on any atom is -0.366 e. The van der Waals surface area contributed by atoms with E-state index in [2.05, 4.69) is 35.9 Å². The van der Waals surface area contributed by atoms with Gasteiger partial charge in [-0.2, -0.15) is 27.9 Å². The van der Waals surface area contributed by atoms with Crippen molar-refractivity contribution < 1.29 is 4.92 Å². The highest BCUT2D eigenvalue weighted by molar-refractivity contribution is 9.10. The molecule has 0 saturated carbocycles. The van der Waals surface area contributed by atoms with Crippen molar-refractivity contribution in [1.82, 2.24) is 20.0 Å². The highest BCUT2D eigenvalue weighted by Crippen LogP contribution is 2.22. The maximum absolute atomic E-state index is 10.8. The lowest BCUT2D eigenvalue weighted by atomic mass is 10.4. The zero-order valence-corrected chi connectivity index (χ0v) is 19.6. The fraction of sp³-hybridized carbons (Fsp3) is 0.375. The van der Waals surface area contributed by atoms with Gasteiger partial charge in [0.25, 0.3) is 6.20 Å². The molecule has 0 aliphatic rings. The minimum absolute atomic E-state index is 0.414. The predicted molar refractivity (Wildman–Crippen MR) is 122 cm³/mol. The number of hydrogen-bond acceptors (Lipinski definition) is 9. The summed E-state index contributed by atoms with van der Waals surface area (Å²) in [6.07, 6.45) is 2.68. The van der Waals surface area contributed by atoms with Gasteiger partial charge in [0.15, 0.2) is 5.82 Å². The van der Waals surface area contributed by atoms with Gasteiger partial charge in [-0.05, 0) is 39.6 Å². The molecule has 2 N–H and O–H groups in total. The highest BCUT2D eigenvalue weighted by Gasteiger charge is 2.05. The SMILES string of the molecule is O=[N+]([O-])C=C(NCCSCc1ncccc1Cl)NCCSCc1nscc1Br. The third kappa shape index (κ3) is 8.99. The van der Waals surface area contributed by atoms with Crippen LogP contribution in [0.3, 0.4) is 0 Å². The Kier molecular flexibility index (Phi) is 11.0. The Morgan fingerprint density at radius 2 is 1.96 bits per heavy atom. The van der Waals surface area contributed by atoms with Gasteiger partial charge in [0.1, 0.15) is 0 Å². The van der Waals surface area contributed by atoms with Crippen molar-refractivity contribution in [3.05, 3.63) is 66.7 Å². The molecule has 0 aromatic carbocycles. The minimum atomic E-state index is -0.463. The molecule has 0 bridgehead atoms. The van der Waals surface area contributed by atoms with Crippen LogP contribution in [0.5, 0.6) is 0 Å². The summed E-state index contributed by atoms with van der Waals surface area (Å²) >= 11 is 14.3. The van der Waals surface area contributed by atoms with Crippen LogP contribution in [0.2, 0.25) is 5.02 Å². The van der Waals surface area contributed by atoms with E-state index in [4.69, 9.17) is 11.6 Å². The van der Waals surface area contributed by atoms with Gasteiger partial charge in [-0.25, -0.2) is 0 Å². The number of pyridine rings is 1. The van der Waals surface area contributed by atoms with E-state index in [-0.39, 0.29) is 0 Å². The van der Waals surface area contributed by atoms with Crippen LogP contribution in [0.4, 0.5) is 0 Å². The highest BCUT2D eigenvalue weighted by atomic mass is 79.9. The molecule has 0 aliphatic carbocycles.